The number of carbonyl (C=O) groups excluding carboxylic acids is 1. The third-order valence-electron chi connectivity index (χ3n) is 5.80. The lowest BCUT2D eigenvalue weighted by atomic mass is 9.81. The molecule has 27 heavy (non-hydrogen) atoms. The maximum Gasteiger partial charge on any atom is 0.222 e. The Morgan fingerprint density at radius 2 is 1.93 bits per heavy atom. The van der Waals surface area contributed by atoms with Crippen LogP contribution in [0.15, 0.2) is 35.2 Å². The topological polar surface area (TPSA) is 66.5 Å². The minimum Gasteiger partial charge on any atom is -0.339 e. The Morgan fingerprint density at radius 3 is 2.56 bits per heavy atom. The third kappa shape index (κ3) is 5.11. The van der Waals surface area contributed by atoms with E-state index in [-0.39, 0.29) is 23.6 Å². The minimum absolute atomic E-state index is 0.0179. The first-order chi connectivity index (χ1) is 12.9. The summed E-state index contributed by atoms with van der Waals surface area (Å²) < 4.78 is 26.0. The van der Waals surface area contributed by atoms with Crippen LogP contribution in [-0.2, 0) is 14.6 Å². The van der Waals surface area contributed by atoms with Gasteiger partial charge in [-0.05, 0) is 56.2 Å². The highest BCUT2D eigenvalue weighted by molar-refractivity contribution is 7.91. The van der Waals surface area contributed by atoms with Gasteiger partial charge in [0.1, 0.15) is 0 Å². The first-order valence-electron chi connectivity index (χ1n) is 10.2. The van der Waals surface area contributed by atoms with E-state index in [1.807, 2.05) is 11.0 Å². The van der Waals surface area contributed by atoms with Crippen LogP contribution in [0.4, 0.5) is 0 Å². The SMILES string of the molecule is CC(C)CN[C@@H]1CC[C@H](N2CCCC2=O)[C@H](CS(=O)(=O)c2ccccc2)C1. The molecule has 0 bridgehead atoms. The Bertz CT molecular complexity index is 733. The van der Waals surface area contributed by atoms with Gasteiger partial charge in [-0.2, -0.15) is 0 Å². The zero-order chi connectivity index (χ0) is 19.4. The Morgan fingerprint density at radius 1 is 1.19 bits per heavy atom. The molecule has 0 radical (unpaired) electrons. The van der Waals surface area contributed by atoms with Gasteiger partial charge in [-0.15, -0.1) is 0 Å². The number of benzene rings is 1. The lowest BCUT2D eigenvalue weighted by Gasteiger charge is -2.41. The first kappa shape index (κ1) is 20.3. The lowest BCUT2D eigenvalue weighted by molar-refractivity contribution is -0.131. The molecule has 6 heteroatoms. The molecular weight excluding hydrogens is 360 g/mol. The molecule has 0 aromatic heterocycles. The van der Waals surface area contributed by atoms with Crippen LogP contribution in [0, 0.1) is 11.8 Å². The highest BCUT2D eigenvalue weighted by Crippen LogP contribution is 2.33. The molecule has 1 heterocycles. The summed E-state index contributed by atoms with van der Waals surface area (Å²) >= 11 is 0. The number of likely N-dealkylation sites (tertiary alicyclic amines) is 1. The molecule has 3 rings (SSSR count). The Balaban J connectivity index is 1.77. The van der Waals surface area contributed by atoms with Crippen LogP contribution in [0.2, 0.25) is 0 Å². The molecule has 1 amide bonds. The average Bonchev–Trinajstić information content (AvgIpc) is 3.06. The standard InChI is InChI=1S/C21H32N2O3S/c1-16(2)14-22-18-10-11-20(23-12-6-9-21(23)24)17(13-18)15-27(25,26)19-7-4-3-5-8-19/h3-5,7-8,16-18,20,22H,6,9-15H2,1-2H3/t17-,18+,20-/m0/s1. The van der Waals surface area contributed by atoms with Crippen molar-refractivity contribution in [1.29, 1.82) is 0 Å². The summed E-state index contributed by atoms with van der Waals surface area (Å²) in [6.45, 7) is 6.07. The zero-order valence-corrected chi connectivity index (χ0v) is 17.2. The summed E-state index contributed by atoms with van der Waals surface area (Å²) in [4.78, 5) is 14.7. The second kappa shape index (κ2) is 8.74. The summed E-state index contributed by atoms with van der Waals surface area (Å²) in [6.07, 6.45) is 4.19. The van der Waals surface area contributed by atoms with Crippen molar-refractivity contribution in [2.75, 3.05) is 18.8 Å². The molecule has 1 saturated heterocycles. The van der Waals surface area contributed by atoms with E-state index in [0.717, 1.165) is 38.8 Å². The molecule has 1 saturated carbocycles. The summed E-state index contributed by atoms with van der Waals surface area (Å²) in [6, 6.07) is 9.08. The van der Waals surface area contributed by atoms with Gasteiger partial charge in [-0.1, -0.05) is 32.0 Å². The molecule has 3 atom stereocenters. The van der Waals surface area contributed by atoms with Crippen molar-refractivity contribution in [3.8, 4) is 0 Å². The molecule has 5 nitrogen and oxygen atoms in total. The van der Waals surface area contributed by atoms with Gasteiger partial charge in [0.15, 0.2) is 9.84 Å². The van der Waals surface area contributed by atoms with E-state index in [1.165, 1.54) is 0 Å². The third-order valence-corrected chi connectivity index (χ3v) is 7.66. The van der Waals surface area contributed by atoms with E-state index < -0.39 is 9.84 Å². The van der Waals surface area contributed by atoms with Crippen molar-refractivity contribution in [2.24, 2.45) is 11.8 Å². The number of rotatable bonds is 7. The van der Waals surface area contributed by atoms with Crippen LogP contribution in [0.5, 0.6) is 0 Å². The highest BCUT2D eigenvalue weighted by atomic mass is 32.2. The van der Waals surface area contributed by atoms with Crippen molar-refractivity contribution >= 4 is 15.7 Å². The number of hydrogen-bond donors (Lipinski definition) is 1. The van der Waals surface area contributed by atoms with Gasteiger partial charge in [0.05, 0.1) is 10.6 Å². The second-order valence-electron chi connectivity index (χ2n) is 8.42. The van der Waals surface area contributed by atoms with Gasteiger partial charge in [0.25, 0.3) is 0 Å². The van der Waals surface area contributed by atoms with E-state index >= 15 is 0 Å². The predicted molar refractivity (Wildman–Crippen MR) is 107 cm³/mol. The number of carbonyl (C=O) groups is 1. The molecule has 2 fully saturated rings. The van der Waals surface area contributed by atoms with Crippen LogP contribution >= 0.6 is 0 Å². The van der Waals surface area contributed by atoms with Crippen LogP contribution in [-0.4, -0.2) is 50.2 Å². The van der Waals surface area contributed by atoms with E-state index in [0.29, 0.717) is 23.3 Å². The molecule has 1 aliphatic heterocycles. The molecule has 150 valence electrons. The molecular formula is C21H32N2O3S. The van der Waals surface area contributed by atoms with Crippen LogP contribution < -0.4 is 5.32 Å². The second-order valence-corrected chi connectivity index (χ2v) is 10.5. The summed E-state index contributed by atoms with van der Waals surface area (Å²) in [7, 11) is -3.36. The van der Waals surface area contributed by atoms with Crippen molar-refractivity contribution in [1.82, 2.24) is 10.2 Å². The number of nitrogens with zero attached hydrogens (tertiary/aromatic N) is 1. The summed E-state index contributed by atoms with van der Waals surface area (Å²) in [5.74, 6) is 0.853. The first-order valence-corrected chi connectivity index (χ1v) is 11.8. The van der Waals surface area contributed by atoms with E-state index in [2.05, 4.69) is 19.2 Å². The quantitative estimate of drug-likeness (QED) is 0.775. The predicted octanol–water partition coefficient (Wildman–Crippen LogP) is 2.87. The Hall–Kier alpha value is -1.40. The van der Waals surface area contributed by atoms with E-state index in [9.17, 15) is 13.2 Å². The smallest absolute Gasteiger partial charge is 0.222 e. The fraction of sp³-hybridized carbons (Fsp3) is 0.667. The molecule has 1 aromatic carbocycles. The number of amides is 1. The maximum absolute atomic E-state index is 13.0. The molecule has 0 unspecified atom stereocenters. The molecule has 0 spiro atoms. The monoisotopic (exact) mass is 392 g/mol. The van der Waals surface area contributed by atoms with Crippen LogP contribution in [0.3, 0.4) is 0 Å². The fourth-order valence-corrected chi connectivity index (χ4v) is 6.14. The summed E-state index contributed by atoms with van der Waals surface area (Å²) in [5.41, 5.74) is 0. The molecule has 2 aliphatic rings. The molecule has 1 aromatic rings. The van der Waals surface area contributed by atoms with Crippen molar-refractivity contribution in [3.63, 3.8) is 0 Å². The largest absolute Gasteiger partial charge is 0.339 e. The van der Waals surface area contributed by atoms with Gasteiger partial charge in [0.2, 0.25) is 5.91 Å². The number of nitrogens with one attached hydrogen (secondary N) is 1. The van der Waals surface area contributed by atoms with Crippen molar-refractivity contribution in [3.05, 3.63) is 30.3 Å². The van der Waals surface area contributed by atoms with Crippen LogP contribution in [0.1, 0.15) is 46.0 Å². The van der Waals surface area contributed by atoms with Gasteiger partial charge in [-0.25, -0.2) is 8.42 Å². The van der Waals surface area contributed by atoms with Gasteiger partial charge < -0.3 is 10.2 Å². The lowest BCUT2D eigenvalue weighted by Crippen LogP contribution is -2.50. The highest BCUT2D eigenvalue weighted by Gasteiger charge is 2.40. The van der Waals surface area contributed by atoms with Gasteiger partial charge >= 0.3 is 0 Å². The van der Waals surface area contributed by atoms with Crippen molar-refractivity contribution in [2.45, 2.75) is 62.9 Å². The minimum atomic E-state index is -3.36. The number of sulfone groups is 1. The normalized spacial score (nSPS) is 26.7. The molecule has 1 aliphatic carbocycles. The maximum atomic E-state index is 13.0. The van der Waals surface area contributed by atoms with E-state index in [4.69, 9.17) is 0 Å². The van der Waals surface area contributed by atoms with Crippen molar-refractivity contribution < 1.29 is 13.2 Å². The Kier molecular flexibility index (Phi) is 6.58. The number of hydrogen-bond acceptors (Lipinski definition) is 4. The van der Waals surface area contributed by atoms with Gasteiger partial charge in [-0.3, -0.25) is 4.79 Å². The fourth-order valence-electron chi connectivity index (χ4n) is 4.45. The zero-order valence-electron chi connectivity index (χ0n) is 16.4. The van der Waals surface area contributed by atoms with E-state index in [1.54, 1.807) is 24.3 Å². The molecule has 1 N–H and O–H groups in total. The average molecular weight is 393 g/mol. The summed E-state index contributed by atoms with van der Waals surface area (Å²) in [5, 5.41) is 3.60. The van der Waals surface area contributed by atoms with Crippen LogP contribution in [0.25, 0.3) is 0 Å². The Labute approximate surface area is 163 Å². The van der Waals surface area contributed by atoms with Gasteiger partial charge in [0, 0.05) is 25.0 Å².